The van der Waals surface area contributed by atoms with Crippen molar-refractivity contribution in [2.75, 3.05) is 0 Å². The first-order chi connectivity index (χ1) is 4.83. The van der Waals surface area contributed by atoms with Crippen LogP contribution in [0.15, 0.2) is 0 Å². The molecule has 1 radical (unpaired) electrons. The molecular weight excluding hydrogens is 209 g/mol. The molecule has 0 unspecified atom stereocenters. The van der Waals surface area contributed by atoms with E-state index in [0.29, 0.717) is 0 Å². The normalized spacial score (nSPS) is 21.3. The fourth-order valence-corrected chi connectivity index (χ4v) is 2.26. The van der Waals surface area contributed by atoms with Crippen LogP contribution in [0.1, 0.15) is 52.4 Å². The molecule has 0 N–H and O–H groups in total. The van der Waals surface area contributed by atoms with Crippen molar-refractivity contribution in [3.8, 4) is 0 Å². The van der Waals surface area contributed by atoms with Crippen LogP contribution in [0.25, 0.3) is 0 Å². The van der Waals surface area contributed by atoms with E-state index in [0.717, 1.165) is 5.41 Å². The summed E-state index contributed by atoms with van der Waals surface area (Å²) >= 11 is 0. The van der Waals surface area contributed by atoms with Crippen LogP contribution < -0.4 is 0 Å². The predicted octanol–water partition coefficient (Wildman–Crippen LogP) is 3.57. The minimum atomic E-state index is 0. The maximum absolute atomic E-state index is 2.34. The molecule has 0 heterocycles. The van der Waals surface area contributed by atoms with Crippen LogP contribution in [-0.2, 0) is 32.7 Å². The van der Waals surface area contributed by atoms with Crippen molar-refractivity contribution < 1.29 is 32.7 Å². The Balaban J connectivity index is 0.000001000. The van der Waals surface area contributed by atoms with Gasteiger partial charge in [-0.2, -0.15) is 13.3 Å². The molecule has 0 amide bonds. The topological polar surface area (TPSA) is 0 Å². The smallest absolute Gasteiger partial charge is 0 e. The molecule has 1 fully saturated rings. The predicted molar refractivity (Wildman–Crippen MR) is 45.8 cm³/mol. The van der Waals surface area contributed by atoms with Crippen molar-refractivity contribution >= 4 is 0 Å². The molecule has 0 bridgehead atoms. The van der Waals surface area contributed by atoms with E-state index in [1.165, 1.54) is 38.5 Å². The molecule has 0 aliphatic heterocycles. The zero-order valence-electron chi connectivity index (χ0n) is 7.90. The van der Waals surface area contributed by atoms with Crippen LogP contribution in [-0.4, -0.2) is 0 Å². The third-order valence-corrected chi connectivity index (χ3v) is 3.05. The number of hydrogen-bond donors (Lipinski definition) is 0. The van der Waals surface area contributed by atoms with Gasteiger partial charge in [0.1, 0.15) is 0 Å². The summed E-state index contributed by atoms with van der Waals surface area (Å²) in [5.74, 6) is 0. The van der Waals surface area contributed by atoms with Crippen LogP contribution in [0, 0.1) is 11.8 Å². The second-order valence-electron chi connectivity index (χ2n) is 3.67. The van der Waals surface area contributed by atoms with Crippen molar-refractivity contribution in [2.45, 2.75) is 52.4 Å². The molecule has 1 saturated carbocycles. The van der Waals surface area contributed by atoms with E-state index in [-0.39, 0.29) is 32.7 Å². The molecule has 11 heavy (non-hydrogen) atoms. The third-order valence-electron chi connectivity index (χ3n) is 3.05. The molecule has 1 rings (SSSR count). The summed E-state index contributed by atoms with van der Waals surface area (Å²) < 4.78 is 0. The minimum absolute atomic E-state index is 0. The number of rotatable bonds is 3. The van der Waals surface area contributed by atoms with Crippen molar-refractivity contribution in [1.29, 1.82) is 0 Å². The van der Waals surface area contributed by atoms with E-state index in [4.69, 9.17) is 0 Å². The van der Waals surface area contributed by atoms with Gasteiger partial charge in [-0.05, 0) is 0 Å². The van der Waals surface area contributed by atoms with E-state index in [9.17, 15) is 0 Å². The molecule has 1 aliphatic carbocycles. The molecule has 0 aromatic rings. The van der Waals surface area contributed by atoms with Crippen LogP contribution in [0.3, 0.4) is 0 Å². The Kier molecular flexibility index (Phi) is 6.27. The first kappa shape index (κ1) is 12.1. The fraction of sp³-hybridized carbons (Fsp3) is 0.900. The van der Waals surface area contributed by atoms with Crippen molar-refractivity contribution in [3.05, 3.63) is 6.42 Å². The van der Waals surface area contributed by atoms with Gasteiger partial charge >= 0.3 is 0 Å². The van der Waals surface area contributed by atoms with Crippen LogP contribution in [0.2, 0.25) is 0 Å². The monoisotopic (exact) mass is 228 g/mol. The maximum Gasteiger partial charge on any atom is 0 e. The number of hydrogen-bond acceptors (Lipinski definition) is 0. The third kappa shape index (κ3) is 3.15. The summed E-state index contributed by atoms with van der Waals surface area (Å²) in [5.41, 5.74) is 0.731. The summed E-state index contributed by atoms with van der Waals surface area (Å²) in [6, 6.07) is 0. The average Bonchev–Trinajstić information content (AvgIpc) is 2.39. The van der Waals surface area contributed by atoms with Gasteiger partial charge in [-0.3, -0.25) is 0 Å². The Morgan fingerprint density at radius 3 is 2.18 bits per heavy atom. The quantitative estimate of drug-likeness (QED) is 0.648. The SMILES string of the molecule is C[CH-]CC1(CC)CCCC1.[Y]. The van der Waals surface area contributed by atoms with Crippen LogP contribution >= 0.6 is 0 Å². The van der Waals surface area contributed by atoms with Gasteiger partial charge in [0, 0.05) is 32.7 Å². The largest absolute Gasteiger partial charge is 0.331 e. The first-order valence-corrected chi connectivity index (χ1v) is 4.61. The van der Waals surface area contributed by atoms with E-state index in [2.05, 4.69) is 20.3 Å². The molecule has 0 aromatic heterocycles. The molecule has 0 aromatic carbocycles. The molecule has 0 spiro atoms. The van der Waals surface area contributed by atoms with Gasteiger partial charge in [0.05, 0.1) is 0 Å². The zero-order valence-corrected chi connectivity index (χ0v) is 10.7. The Morgan fingerprint density at radius 2 is 1.82 bits per heavy atom. The van der Waals surface area contributed by atoms with E-state index in [1.807, 2.05) is 0 Å². The standard InChI is InChI=1S/C10H19.Y/c1-3-7-10(4-2)8-5-6-9-10;/h3H,4-9H2,1-2H3;/q-1;. The van der Waals surface area contributed by atoms with Crippen molar-refractivity contribution in [3.63, 3.8) is 0 Å². The van der Waals surface area contributed by atoms with Crippen LogP contribution in [0.4, 0.5) is 0 Å². The first-order valence-electron chi connectivity index (χ1n) is 4.61. The Hall–Kier alpha value is 1.10. The summed E-state index contributed by atoms with van der Waals surface area (Å²) in [4.78, 5) is 0. The minimum Gasteiger partial charge on any atom is -0.331 e. The Morgan fingerprint density at radius 1 is 1.27 bits per heavy atom. The molecule has 1 aliphatic rings. The summed E-state index contributed by atoms with van der Waals surface area (Å²) in [7, 11) is 0. The van der Waals surface area contributed by atoms with Gasteiger partial charge < -0.3 is 6.42 Å². The average molecular weight is 228 g/mol. The van der Waals surface area contributed by atoms with Gasteiger partial charge in [-0.25, -0.2) is 0 Å². The molecular formula is C10H19Y-. The van der Waals surface area contributed by atoms with E-state index in [1.54, 1.807) is 0 Å². The molecule has 1 heteroatoms. The molecule has 0 atom stereocenters. The molecule has 63 valence electrons. The Bertz CT molecular complexity index is 93.0. The summed E-state index contributed by atoms with van der Waals surface area (Å²) in [5, 5.41) is 0. The van der Waals surface area contributed by atoms with Gasteiger partial charge in [0.15, 0.2) is 0 Å². The fourth-order valence-electron chi connectivity index (χ4n) is 2.26. The second kappa shape index (κ2) is 5.70. The maximum atomic E-state index is 2.34. The second-order valence-corrected chi connectivity index (χ2v) is 3.67. The van der Waals surface area contributed by atoms with Gasteiger partial charge in [0.2, 0.25) is 0 Å². The van der Waals surface area contributed by atoms with Crippen molar-refractivity contribution in [2.24, 2.45) is 5.41 Å². The van der Waals surface area contributed by atoms with E-state index < -0.39 is 0 Å². The molecule has 0 nitrogen and oxygen atoms in total. The Labute approximate surface area is 96.4 Å². The van der Waals surface area contributed by atoms with Crippen molar-refractivity contribution in [1.82, 2.24) is 0 Å². The summed E-state index contributed by atoms with van der Waals surface area (Å²) in [6.45, 7) is 4.53. The molecule has 0 saturated heterocycles. The van der Waals surface area contributed by atoms with Crippen LogP contribution in [0.5, 0.6) is 0 Å². The van der Waals surface area contributed by atoms with Gasteiger partial charge in [0.25, 0.3) is 0 Å². The van der Waals surface area contributed by atoms with Gasteiger partial charge in [-0.1, -0.05) is 44.4 Å². The summed E-state index contributed by atoms with van der Waals surface area (Å²) in [6.07, 6.45) is 11.0. The zero-order chi connectivity index (χ0) is 7.45. The van der Waals surface area contributed by atoms with Gasteiger partial charge in [-0.15, -0.1) is 0 Å². The van der Waals surface area contributed by atoms with E-state index >= 15 is 0 Å².